The van der Waals surface area contributed by atoms with Crippen LogP contribution in [-0.2, 0) is 0 Å². The van der Waals surface area contributed by atoms with Crippen molar-refractivity contribution in [3.8, 4) is 0 Å². The molecule has 2 saturated carbocycles. The van der Waals surface area contributed by atoms with Crippen molar-refractivity contribution < 1.29 is 0 Å². The van der Waals surface area contributed by atoms with Crippen molar-refractivity contribution in [1.29, 1.82) is 0 Å². The van der Waals surface area contributed by atoms with Crippen molar-refractivity contribution in [3.05, 3.63) is 36.4 Å². The van der Waals surface area contributed by atoms with E-state index in [9.17, 15) is 0 Å². The molecule has 0 atom stereocenters. The molecule has 2 nitrogen and oxygen atoms in total. The van der Waals surface area contributed by atoms with E-state index in [0.29, 0.717) is 0 Å². The van der Waals surface area contributed by atoms with Gasteiger partial charge in [0, 0.05) is 21.3 Å². The van der Waals surface area contributed by atoms with E-state index in [4.69, 9.17) is 9.97 Å². The molecule has 28 heavy (non-hydrogen) atoms. The normalized spacial score (nSPS) is 19.4. The first kappa shape index (κ1) is 18.7. The summed E-state index contributed by atoms with van der Waals surface area (Å²) in [6.07, 6.45) is 13.6. The lowest BCUT2D eigenvalue weighted by molar-refractivity contribution is 0.516. The minimum Gasteiger partial charge on any atom is -0.239 e. The molecule has 2 aliphatic rings. The Bertz CT molecular complexity index is 881. The number of pyridine rings is 2. The van der Waals surface area contributed by atoms with Gasteiger partial charge in [-0.3, -0.25) is 0 Å². The molecule has 4 heteroatoms. The molecule has 2 fully saturated rings. The van der Waals surface area contributed by atoms with Crippen LogP contribution in [0.3, 0.4) is 0 Å². The Morgan fingerprint density at radius 2 is 0.929 bits per heavy atom. The number of fused-ring (bicyclic) bond motifs is 3. The number of nitrogens with zero attached hydrogens (tertiary/aromatic N) is 2. The molecule has 0 bridgehead atoms. The molecular weight excluding hydrogens is 380 g/mol. The van der Waals surface area contributed by atoms with Crippen molar-refractivity contribution in [2.75, 3.05) is 0 Å². The maximum Gasteiger partial charge on any atom is 0.0978 e. The molecule has 2 heterocycles. The Morgan fingerprint density at radius 1 is 0.536 bits per heavy atom. The van der Waals surface area contributed by atoms with E-state index < -0.39 is 0 Å². The fourth-order valence-corrected chi connectivity index (χ4v) is 6.97. The second-order valence-electron chi connectivity index (χ2n) is 8.26. The number of hydrogen-bond acceptors (Lipinski definition) is 4. The zero-order chi connectivity index (χ0) is 18.8. The minimum absolute atomic E-state index is 0.735. The molecule has 2 aromatic heterocycles. The Kier molecular flexibility index (Phi) is 5.77. The van der Waals surface area contributed by atoms with Gasteiger partial charge in [-0.15, -0.1) is 23.5 Å². The third-order valence-corrected chi connectivity index (χ3v) is 8.69. The maximum absolute atomic E-state index is 5.08. The Hall–Kier alpha value is -1.26. The fraction of sp³-hybridized carbons (Fsp3) is 0.500. The topological polar surface area (TPSA) is 25.8 Å². The SMILES string of the molecule is c1cc2ccc3ccc(SC4CCCCC4)nc3c2nc1SC1CCCCC1. The highest BCUT2D eigenvalue weighted by Gasteiger charge is 2.17. The van der Waals surface area contributed by atoms with Crippen LogP contribution in [0.15, 0.2) is 46.5 Å². The van der Waals surface area contributed by atoms with Gasteiger partial charge in [0.05, 0.1) is 21.1 Å². The zero-order valence-corrected chi connectivity index (χ0v) is 18.0. The highest BCUT2D eigenvalue weighted by Crippen LogP contribution is 2.36. The summed E-state index contributed by atoms with van der Waals surface area (Å²) in [6.45, 7) is 0. The van der Waals surface area contributed by atoms with Crippen LogP contribution in [0.1, 0.15) is 64.2 Å². The highest BCUT2D eigenvalue weighted by molar-refractivity contribution is 8.00. The van der Waals surface area contributed by atoms with E-state index in [0.717, 1.165) is 21.5 Å². The molecule has 0 unspecified atom stereocenters. The average Bonchev–Trinajstić information content (AvgIpc) is 2.75. The van der Waals surface area contributed by atoms with Gasteiger partial charge in [0.1, 0.15) is 0 Å². The minimum atomic E-state index is 0.735. The Labute approximate surface area is 176 Å². The Morgan fingerprint density at radius 3 is 1.36 bits per heavy atom. The standard InChI is InChI=1S/C24H28N2S2/c1-3-7-19(8-4-1)27-21-15-13-17-11-12-18-14-16-22(26-24(18)23(17)25-21)28-20-9-5-2-6-10-20/h11-16,19-20H,1-10H2. The predicted octanol–water partition coefficient (Wildman–Crippen LogP) is 7.63. The molecule has 5 rings (SSSR count). The molecule has 0 N–H and O–H groups in total. The third-order valence-electron chi connectivity index (χ3n) is 6.15. The monoisotopic (exact) mass is 408 g/mol. The number of aromatic nitrogens is 2. The first-order chi connectivity index (χ1) is 13.8. The lowest BCUT2D eigenvalue weighted by atomic mass is 10.0. The van der Waals surface area contributed by atoms with Crippen LogP contribution in [0.25, 0.3) is 21.8 Å². The number of thioether (sulfide) groups is 2. The van der Waals surface area contributed by atoms with Crippen LogP contribution in [0, 0.1) is 0 Å². The van der Waals surface area contributed by atoms with E-state index >= 15 is 0 Å². The summed E-state index contributed by atoms with van der Waals surface area (Å²) < 4.78 is 0. The lowest BCUT2D eigenvalue weighted by Gasteiger charge is -2.21. The summed E-state index contributed by atoms with van der Waals surface area (Å²) in [4.78, 5) is 10.2. The summed E-state index contributed by atoms with van der Waals surface area (Å²) in [6, 6.07) is 13.2. The van der Waals surface area contributed by atoms with E-state index in [1.54, 1.807) is 0 Å². The first-order valence-electron chi connectivity index (χ1n) is 10.9. The van der Waals surface area contributed by atoms with Gasteiger partial charge in [-0.05, 0) is 37.8 Å². The van der Waals surface area contributed by atoms with Gasteiger partial charge in [0.15, 0.2) is 0 Å². The van der Waals surface area contributed by atoms with E-state index in [2.05, 4.69) is 36.4 Å². The molecule has 0 spiro atoms. The van der Waals surface area contributed by atoms with Gasteiger partial charge in [-0.1, -0.05) is 62.8 Å². The van der Waals surface area contributed by atoms with Crippen molar-refractivity contribution in [2.45, 2.75) is 84.8 Å². The molecule has 0 amide bonds. The molecule has 1 aromatic carbocycles. The number of hydrogen-bond donors (Lipinski definition) is 0. The van der Waals surface area contributed by atoms with Crippen molar-refractivity contribution in [2.24, 2.45) is 0 Å². The van der Waals surface area contributed by atoms with Crippen LogP contribution in [0.5, 0.6) is 0 Å². The number of benzene rings is 1. The second-order valence-corrected chi connectivity index (χ2v) is 10.9. The van der Waals surface area contributed by atoms with Crippen LogP contribution in [0.4, 0.5) is 0 Å². The van der Waals surface area contributed by atoms with Crippen molar-refractivity contribution in [1.82, 2.24) is 9.97 Å². The van der Waals surface area contributed by atoms with E-state index in [-0.39, 0.29) is 0 Å². The lowest BCUT2D eigenvalue weighted by Crippen LogP contribution is -2.08. The summed E-state index contributed by atoms with van der Waals surface area (Å²) in [5.74, 6) is 0. The fourth-order valence-electron chi connectivity index (χ4n) is 4.57. The van der Waals surface area contributed by atoms with Crippen LogP contribution in [0.2, 0.25) is 0 Å². The van der Waals surface area contributed by atoms with Gasteiger partial charge in [0.25, 0.3) is 0 Å². The largest absolute Gasteiger partial charge is 0.239 e. The molecule has 146 valence electrons. The molecule has 2 aliphatic carbocycles. The maximum atomic E-state index is 5.08. The average molecular weight is 409 g/mol. The molecule has 0 aliphatic heterocycles. The zero-order valence-electron chi connectivity index (χ0n) is 16.4. The first-order valence-corrected chi connectivity index (χ1v) is 12.6. The van der Waals surface area contributed by atoms with Crippen LogP contribution < -0.4 is 0 Å². The summed E-state index contributed by atoms with van der Waals surface area (Å²) in [7, 11) is 0. The molecule has 0 radical (unpaired) electrons. The summed E-state index contributed by atoms with van der Waals surface area (Å²) in [5, 5.41) is 6.21. The smallest absolute Gasteiger partial charge is 0.0978 e. The van der Waals surface area contributed by atoms with Gasteiger partial charge in [-0.25, -0.2) is 9.97 Å². The second kappa shape index (κ2) is 8.62. The molecular formula is C24H28N2S2. The van der Waals surface area contributed by atoms with Crippen LogP contribution >= 0.6 is 23.5 Å². The van der Waals surface area contributed by atoms with Gasteiger partial charge in [-0.2, -0.15) is 0 Å². The third kappa shape index (κ3) is 4.18. The summed E-state index contributed by atoms with van der Waals surface area (Å²) in [5.41, 5.74) is 2.15. The van der Waals surface area contributed by atoms with Gasteiger partial charge >= 0.3 is 0 Å². The van der Waals surface area contributed by atoms with Gasteiger partial charge in [0.2, 0.25) is 0 Å². The van der Waals surface area contributed by atoms with Crippen molar-refractivity contribution >= 4 is 45.3 Å². The Balaban J connectivity index is 1.47. The quantitative estimate of drug-likeness (QED) is 0.414. The molecule has 3 aromatic rings. The predicted molar refractivity (Wildman–Crippen MR) is 123 cm³/mol. The van der Waals surface area contributed by atoms with E-state index in [1.807, 2.05) is 23.5 Å². The van der Waals surface area contributed by atoms with E-state index in [1.165, 1.54) is 85.0 Å². The van der Waals surface area contributed by atoms with Gasteiger partial charge < -0.3 is 0 Å². The van der Waals surface area contributed by atoms with Crippen LogP contribution in [-0.4, -0.2) is 20.5 Å². The highest BCUT2D eigenvalue weighted by atomic mass is 32.2. The summed E-state index contributed by atoms with van der Waals surface area (Å²) >= 11 is 3.95. The molecule has 0 saturated heterocycles. The number of rotatable bonds is 4. The van der Waals surface area contributed by atoms with Crippen molar-refractivity contribution in [3.63, 3.8) is 0 Å².